The molecule has 0 unspecified atom stereocenters. The minimum atomic E-state index is -0.641. The van der Waals surface area contributed by atoms with Crippen molar-refractivity contribution in [1.29, 1.82) is 0 Å². The number of carbonyl (C=O) groups is 1. The lowest BCUT2D eigenvalue weighted by Gasteiger charge is -2.36. The number of benzene rings is 3. The number of anilines is 2. The van der Waals surface area contributed by atoms with Gasteiger partial charge in [-0.3, -0.25) is 14.5 Å². The molecule has 8 heteroatoms. The topological polar surface area (TPSA) is 70.5 Å². The van der Waals surface area contributed by atoms with E-state index >= 15 is 0 Å². The average molecular weight is 498 g/mol. The van der Waals surface area contributed by atoms with Crippen molar-refractivity contribution in [3.8, 4) is 5.69 Å². The Labute approximate surface area is 214 Å². The Kier molecular flexibility index (Phi) is 7.09. The fraction of sp³-hybridized carbons (Fsp3) is 0.207. The van der Waals surface area contributed by atoms with Gasteiger partial charge in [-0.2, -0.15) is 5.10 Å². The summed E-state index contributed by atoms with van der Waals surface area (Å²) in [6.07, 6.45) is 0. The SMILES string of the molecule is Cc1cc(=O)c(C(=O)Nc2ccc(N3CCN(Cc4ccccc4)CC3)cc2)nn1-c1ccccc1F. The highest BCUT2D eigenvalue weighted by atomic mass is 19.1. The van der Waals surface area contributed by atoms with Crippen molar-refractivity contribution in [2.24, 2.45) is 0 Å². The normalized spacial score (nSPS) is 13.9. The summed E-state index contributed by atoms with van der Waals surface area (Å²) in [7, 11) is 0. The second-order valence-corrected chi connectivity index (χ2v) is 9.11. The van der Waals surface area contributed by atoms with Gasteiger partial charge in [-0.05, 0) is 48.9 Å². The Balaban J connectivity index is 1.23. The highest BCUT2D eigenvalue weighted by molar-refractivity contribution is 6.02. The fourth-order valence-electron chi connectivity index (χ4n) is 4.52. The van der Waals surface area contributed by atoms with Crippen LogP contribution < -0.4 is 15.6 Å². The summed E-state index contributed by atoms with van der Waals surface area (Å²) in [5.41, 5.74) is 2.73. The van der Waals surface area contributed by atoms with Crippen LogP contribution in [0.25, 0.3) is 5.69 Å². The molecule has 1 amide bonds. The van der Waals surface area contributed by atoms with Crippen LogP contribution in [0.5, 0.6) is 0 Å². The van der Waals surface area contributed by atoms with Gasteiger partial charge in [0.25, 0.3) is 5.91 Å². The van der Waals surface area contributed by atoms with Crippen LogP contribution in [0.15, 0.2) is 89.7 Å². The maximum Gasteiger partial charge on any atom is 0.280 e. The molecule has 5 rings (SSSR count). The number of aromatic nitrogens is 2. The number of hydrogen-bond acceptors (Lipinski definition) is 5. The molecule has 0 radical (unpaired) electrons. The highest BCUT2D eigenvalue weighted by Gasteiger charge is 2.19. The number of carbonyl (C=O) groups excluding carboxylic acids is 1. The molecule has 0 spiro atoms. The van der Waals surface area contributed by atoms with E-state index in [9.17, 15) is 14.0 Å². The van der Waals surface area contributed by atoms with Crippen LogP contribution in [0, 0.1) is 12.7 Å². The number of amides is 1. The van der Waals surface area contributed by atoms with Gasteiger partial charge in [0.1, 0.15) is 11.5 Å². The van der Waals surface area contributed by atoms with Gasteiger partial charge in [0, 0.05) is 55.9 Å². The first-order valence-corrected chi connectivity index (χ1v) is 12.3. The Hall–Kier alpha value is -4.30. The molecule has 37 heavy (non-hydrogen) atoms. The number of rotatable bonds is 6. The number of aryl methyl sites for hydroxylation is 1. The van der Waals surface area contributed by atoms with Crippen LogP contribution in [0.4, 0.5) is 15.8 Å². The third-order valence-electron chi connectivity index (χ3n) is 6.51. The molecule has 0 bridgehead atoms. The van der Waals surface area contributed by atoms with Crippen LogP contribution in [-0.2, 0) is 6.54 Å². The third-order valence-corrected chi connectivity index (χ3v) is 6.51. The van der Waals surface area contributed by atoms with Crippen molar-refractivity contribution in [1.82, 2.24) is 14.7 Å². The molecule has 1 aliphatic rings. The summed E-state index contributed by atoms with van der Waals surface area (Å²) in [4.78, 5) is 30.2. The number of halogens is 1. The monoisotopic (exact) mass is 497 g/mol. The van der Waals surface area contributed by atoms with Crippen LogP contribution in [0.3, 0.4) is 0 Å². The molecule has 1 saturated heterocycles. The van der Waals surface area contributed by atoms with E-state index in [4.69, 9.17) is 0 Å². The highest BCUT2D eigenvalue weighted by Crippen LogP contribution is 2.21. The van der Waals surface area contributed by atoms with E-state index in [2.05, 4.69) is 44.5 Å². The Morgan fingerprint density at radius 3 is 2.30 bits per heavy atom. The molecular weight excluding hydrogens is 469 g/mol. The molecule has 4 aromatic rings. The van der Waals surface area contributed by atoms with Crippen LogP contribution in [0.2, 0.25) is 0 Å². The Morgan fingerprint density at radius 1 is 0.919 bits per heavy atom. The molecule has 3 aromatic carbocycles. The number of para-hydroxylation sites is 1. The zero-order valence-corrected chi connectivity index (χ0v) is 20.6. The molecule has 1 aliphatic heterocycles. The molecule has 188 valence electrons. The summed E-state index contributed by atoms with van der Waals surface area (Å²) < 4.78 is 15.6. The molecular formula is C29H28FN5O2. The fourth-order valence-corrected chi connectivity index (χ4v) is 4.52. The molecule has 1 aromatic heterocycles. The van der Waals surface area contributed by atoms with Gasteiger partial charge in [-0.15, -0.1) is 0 Å². The van der Waals surface area contributed by atoms with Crippen molar-refractivity contribution in [3.05, 3.63) is 118 Å². The minimum Gasteiger partial charge on any atom is -0.369 e. The Morgan fingerprint density at radius 2 is 1.59 bits per heavy atom. The maximum absolute atomic E-state index is 14.3. The van der Waals surface area contributed by atoms with E-state index < -0.39 is 17.2 Å². The number of piperazine rings is 1. The Bertz CT molecular complexity index is 1450. The average Bonchev–Trinajstić information content (AvgIpc) is 2.91. The third kappa shape index (κ3) is 5.59. The first-order valence-electron chi connectivity index (χ1n) is 12.3. The van der Waals surface area contributed by atoms with Crippen LogP contribution in [-0.4, -0.2) is 46.8 Å². The summed E-state index contributed by atoms with van der Waals surface area (Å²) >= 11 is 0. The van der Waals surface area contributed by atoms with E-state index in [1.807, 2.05) is 30.3 Å². The van der Waals surface area contributed by atoms with E-state index in [1.54, 1.807) is 25.1 Å². The van der Waals surface area contributed by atoms with Gasteiger partial charge in [0.2, 0.25) is 5.43 Å². The van der Waals surface area contributed by atoms with Crippen molar-refractivity contribution in [2.45, 2.75) is 13.5 Å². The molecule has 7 nitrogen and oxygen atoms in total. The van der Waals surface area contributed by atoms with Crippen molar-refractivity contribution in [3.63, 3.8) is 0 Å². The number of hydrogen-bond donors (Lipinski definition) is 1. The molecule has 0 saturated carbocycles. The van der Waals surface area contributed by atoms with Gasteiger partial charge in [0.05, 0.1) is 0 Å². The second kappa shape index (κ2) is 10.8. The smallest absolute Gasteiger partial charge is 0.280 e. The maximum atomic E-state index is 14.3. The van der Waals surface area contributed by atoms with E-state index in [-0.39, 0.29) is 11.4 Å². The molecule has 1 fully saturated rings. The summed E-state index contributed by atoms with van der Waals surface area (Å²) in [5, 5.41) is 6.91. The lowest BCUT2D eigenvalue weighted by atomic mass is 10.2. The number of nitrogens with zero attached hydrogens (tertiary/aromatic N) is 4. The van der Waals surface area contributed by atoms with Crippen LogP contribution >= 0.6 is 0 Å². The van der Waals surface area contributed by atoms with Gasteiger partial charge in [0.15, 0.2) is 5.69 Å². The zero-order chi connectivity index (χ0) is 25.8. The molecule has 0 atom stereocenters. The molecule has 2 heterocycles. The van der Waals surface area contributed by atoms with E-state index in [0.29, 0.717) is 11.4 Å². The quantitative estimate of drug-likeness (QED) is 0.431. The van der Waals surface area contributed by atoms with E-state index in [1.165, 1.54) is 22.4 Å². The number of nitrogens with one attached hydrogen (secondary N) is 1. The summed E-state index contributed by atoms with van der Waals surface area (Å²) in [6, 6.07) is 25.4. The predicted molar refractivity (Wildman–Crippen MR) is 143 cm³/mol. The standard InChI is InChI=1S/C29H28FN5O2/c1-21-19-27(36)28(32-35(21)26-10-6-5-9-25(26)30)29(37)31-23-11-13-24(14-12-23)34-17-15-33(16-18-34)20-22-7-3-2-4-8-22/h2-14,19H,15-18,20H2,1H3,(H,31,37). The van der Waals surface area contributed by atoms with Crippen molar-refractivity contribution < 1.29 is 9.18 Å². The lowest BCUT2D eigenvalue weighted by Crippen LogP contribution is -2.45. The van der Waals surface area contributed by atoms with Gasteiger partial charge >= 0.3 is 0 Å². The first-order chi connectivity index (χ1) is 18.0. The van der Waals surface area contributed by atoms with E-state index in [0.717, 1.165) is 38.4 Å². The minimum absolute atomic E-state index is 0.169. The van der Waals surface area contributed by atoms with Gasteiger partial charge in [-0.1, -0.05) is 42.5 Å². The molecule has 1 N–H and O–H groups in total. The van der Waals surface area contributed by atoms with Crippen molar-refractivity contribution >= 4 is 17.3 Å². The van der Waals surface area contributed by atoms with Gasteiger partial charge < -0.3 is 10.2 Å². The van der Waals surface area contributed by atoms with Crippen LogP contribution in [0.1, 0.15) is 21.7 Å². The molecule has 0 aliphatic carbocycles. The lowest BCUT2D eigenvalue weighted by molar-refractivity contribution is 0.101. The van der Waals surface area contributed by atoms with Crippen molar-refractivity contribution in [2.75, 3.05) is 36.4 Å². The predicted octanol–water partition coefficient (Wildman–Crippen LogP) is 4.25. The van der Waals surface area contributed by atoms with Gasteiger partial charge in [-0.25, -0.2) is 9.07 Å². The zero-order valence-electron chi connectivity index (χ0n) is 20.6. The largest absolute Gasteiger partial charge is 0.369 e. The first kappa shape index (κ1) is 24.4. The summed E-state index contributed by atoms with van der Waals surface area (Å²) in [5.74, 6) is -1.14. The summed E-state index contributed by atoms with van der Waals surface area (Å²) in [6.45, 7) is 6.37. The second-order valence-electron chi connectivity index (χ2n) is 9.11.